The number of nitrogens with zero attached hydrogens (tertiary/aromatic N) is 1. The molecule has 1 atom stereocenters. The summed E-state index contributed by atoms with van der Waals surface area (Å²) in [5.74, 6) is -0.0125. The van der Waals surface area contributed by atoms with E-state index in [1.54, 1.807) is 51.5 Å². The average molecular weight is 382 g/mol. The van der Waals surface area contributed by atoms with Crippen molar-refractivity contribution >= 4 is 17.7 Å². The fraction of sp³-hybridized carbons (Fsp3) is 0.286. The molecule has 0 aromatic heterocycles. The van der Waals surface area contributed by atoms with Gasteiger partial charge in [-0.15, -0.1) is 0 Å². The van der Waals surface area contributed by atoms with E-state index in [1.807, 2.05) is 12.1 Å². The van der Waals surface area contributed by atoms with Gasteiger partial charge in [0.1, 0.15) is 6.04 Å². The highest BCUT2D eigenvalue weighted by Gasteiger charge is 2.40. The van der Waals surface area contributed by atoms with E-state index < -0.39 is 17.9 Å². The minimum atomic E-state index is -0.891. The number of hydrogen-bond donors (Lipinski definition) is 1. The Balaban J connectivity index is 1.60. The maximum absolute atomic E-state index is 12.5. The van der Waals surface area contributed by atoms with Crippen LogP contribution in [0.5, 0.6) is 11.5 Å². The predicted molar refractivity (Wildman–Crippen MR) is 103 cm³/mol. The van der Waals surface area contributed by atoms with Gasteiger partial charge in [-0.05, 0) is 43.2 Å². The SMILES string of the molecule is COc1ccc(CCNC(=O)[C@@H](C)N2C(=O)c3ccccc3C2=O)cc1OC. The van der Waals surface area contributed by atoms with E-state index in [9.17, 15) is 14.4 Å². The minimum absolute atomic E-state index is 0.331. The van der Waals surface area contributed by atoms with Crippen molar-refractivity contribution < 1.29 is 23.9 Å². The summed E-state index contributed by atoms with van der Waals surface area (Å²) < 4.78 is 10.5. The Morgan fingerprint density at radius 3 is 2.18 bits per heavy atom. The molecule has 0 saturated carbocycles. The Morgan fingerprint density at radius 2 is 1.61 bits per heavy atom. The second-order valence-electron chi connectivity index (χ2n) is 6.43. The third-order valence-electron chi connectivity index (χ3n) is 4.75. The number of imide groups is 1. The van der Waals surface area contributed by atoms with E-state index in [4.69, 9.17) is 9.47 Å². The molecule has 2 aromatic carbocycles. The molecule has 7 nitrogen and oxygen atoms in total. The minimum Gasteiger partial charge on any atom is -0.493 e. The number of carbonyl (C=O) groups excluding carboxylic acids is 3. The summed E-state index contributed by atoms with van der Waals surface area (Å²) in [6, 6.07) is 11.2. The number of nitrogens with one attached hydrogen (secondary N) is 1. The molecular weight excluding hydrogens is 360 g/mol. The van der Waals surface area contributed by atoms with Crippen molar-refractivity contribution in [3.63, 3.8) is 0 Å². The van der Waals surface area contributed by atoms with E-state index in [2.05, 4.69) is 5.32 Å². The van der Waals surface area contributed by atoms with E-state index in [0.29, 0.717) is 35.6 Å². The van der Waals surface area contributed by atoms with Gasteiger partial charge in [0, 0.05) is 6.54 Å². The summed E-state index contributed by atoms with van der Waals surface area (Å²) >= 11 is 0. The van der Waals surface area contributed by atoms with Crippen molar-refractivity contribution in [3.05, 3.63) is 59.2 Å². The molecule has 3 rings (SSSR count). The fourth-order valence-electron chi connectivity index (χ4n) is 3.19. The summed E-state index contributed by atoms with van der Waals surface area (Å²) in [5, 5.41) is 2.78. The van der Waals surface area contributed by atoms with Crippen LogP contribution in [0.2, 0.25) is 0 Å². The topological polar surface area (TPSA) is 84.9 Å². The maximum atomic E-state index is 12.5. The zero-order chi connectivity index (χ0) is 20.3. The third kappa shape index (κ3) is 3.55. The second-order valence-corrected chi connectivity index (χ2v) is 6.43. The third-order valence-corrected chi connectivity index (χ3v) is 4.75. The number of hydrogen-bond acceptors (Lipinski definition) is 5. The number of fused-ring (bicyclic) bond motifs is 1. The summed E-state index contributed by atoms with van der Waals surface area (Å²) in [6.45, 7) is 1.91. The highest BCUT2D eigenvalue weighted by Crippen LogP contribution is 2.27. The Hall–Kier alpha value is -3.35. The molecule has 1 N–H and O–H groups in total. The van der Waals surface area contributed by atoms with Crippen molar-refractivity contribution in [2.75, 3.05) is 20.8 Å². The van der Waals surface area contributed by atoms with Crippen molar-refractivity contribution in [3.8, 4) is 11.5 Å². The molecule has 0 fully saturated rings. The van der Waals surface area contributed by atoms with Crippen molar-refractivity contribution in [2.24, 2.45) is 0 Å². The van der Waals surface area contributed by atoms with Gasteiger partial charge >= 0.3 is 0 Å². The molecule has 2 aromatic rings. The second kappa shape index (κ2) is 8.12. The fourth-order valence-corrected chi connectivity index (χ4v) is 3.19. The van der Waals surface area contributed by atoms with Crippen LogP contribution < -0.4 is 14.8 Å². The zero-order valence-electron chi connectivity index (χ0n) is 16.0. The molecule has 0 radical (unpaired) electrons. The van der Waals surface area contributed by atoms with Crippen LogP contribution in [-0.4, -0.2) is 49.4 Å². The quantitative estimate of drug-likeness (QED) is 0.741. The lowest BCUT2D eigenvalue weighted by atomic mass is 10.1. The lowest BCUT2D eigenvalue weighted by molar-refractivity contribution is -0.124. The summed E-state index contributed by atoms with van der Waals surface area (Å²) in [5.41, 5.74) is 1.63. The van der Waals surface area contributed by atoms with Gasteiger partial charge in [-0.3, -0.25) is 19.3 Å². The molecule has 0 saturated heterocycles. The van der Waals surface area contributed by atoms with Crippen LogP contribution in [-0.2, 0) is 11.2 Å². The largest absolute Gasteiger partial charge is 0.493 e. The number of benzene rings is 2. The van der Waals surface area contributed by atoms with Gasteiger partial charge in [-0.1, -0.05) is 18.2 Å². The first kappa shape index (κ1) is 19.4. The van der Waals surface area contributed by atoms with Gasteiger partial charge in [-0.2, -0.15) is 0 Å². The van der Waals surface area contributed by atoms with Crippen LogP contribution >= 0.6 is 0 Å². The maximum Gasteiger partial charge on any atom is 0.262 e. The van der Waals surface area contributed by atoms with Gasteiger partial charge in [0.05, 0.1) is 25.3 Å². The lowest BCUT2D eigenvalue weighted by Gasteiger charge is -2.21. The monoisotopic (exact) mass is 382 g/mol. The molecule has 1 aliphatic heterocycles. The zero-order valence-corrected chi connectivity index (χ0v) is 16.0. The summed E-state index contributed by atoms with van der Waals surface area (Å²) in [7, 11) is 3.13. The lowest BCUT2D eigenvalue weighted by Crippen LogP contribution is -2.48. The first-order chi connectivity index (χ1) is 13.5. The number of ether oxygens (including phenoxy) is 2. The first-order valence-electron chi connectivity index (χ1n) is 8.93. The molecule has 0 aliphatic carbocycles. The summed E-state index contributed by atoms with van der Waals surface area (Å²) in [4.78, 5) is 38.5. The van der Waals surface area contributed by atoms with Crippen LogP contribution in [0.4, 0.5) is 0 Å². The van der Waals surface area contributed by atoms with Gasteiger partial charge in [0.25, 0.3) is 11.8 Å². The van der Waals surface area contributed by atoms with Crippen LogP contribution in [0.1, 0.15) is 33.2 Å². The van der Waals surface area contributed by atoms with Gasteiger partial charge in [0.15, 0.2) is 11.5 Å². The van der Waals surface area contributed by atoms with Crippen LogP contribution in [0, 0.1) is 0 Å². The highest BCUT2D eigenvalue weighted by molar-refractivity contribution is 6.22. The Bertz CT molecular complexity index is 890. The highest BCUT2D eigenvalue weighted by atomic mass is 16.5. The van der Waals surface area contributed by atoms with Gasteiger partial charge in [0.2, 0.25) is 5.91 Å². The molecule has 28 heavy (non-hydrogen) atoms. The Kier molecular flexibility index (Phi) is 5.63. The molecule has 7 heteroatoms. The number of carbonyl (C=O) groups is 3. The van der Waals surface area contributed by atoms with Crippen molar-refractivity contribution in [1.82, 2.24) is 10.2 Å². The standard InChI is InChI=1S/C21H22N2O5/c1-13(23-20(25)15-6-4-5-7-16(15)21(23)26)19(24)22-11-10-14-8-9-17(27-2)18(12-14)28-3/h4-9,12-13H,10-11H2,1-3H3,(H,22,24)/t13-/m1/s1. The van der Waals surface area contributed by atoms with Crippen molar-refractivity contribution in [1.29, 1.82) is 0 Å². The van der Waals surface area contributed by atoms with Crippen LogP contribution in [0.15, 0.2) is 42.5 Å². The normalized spacial score (nSPS) is 13.9. The van der Waals surface area contributed by atoms with Crippen molar-refractivity contribution in [2.45, 2.75) is 19.4 Å². The number of amides is 3. The molecular formula is C21H22N2O5. The van der Waals surface area contributed by atoms with Gasteiger partial charge in [-0.25, -0.2) is 0 Å². The molecule has 0 unspecified atom stereocenters. The van der Waals surface area contributed by atoms with E-state index >= 15 is 0 Å². The van der Waals surface area contributed by atoms with E-state index in [-0.39, 0.29) is 5.91 Å². The first-order valence-corrected chi connectivity index (χ1v) is 8.93. The Morgan fingerprint density at radius 1 is 1.00 bits per heavy atom. The molecule has 0 spiro atoms. The van der Waals surface area contributed by atoms with E-state index in [0.717, 1.165) is 10.5 Å². The van der Waals surface area contributed by atoms with Crippen LogP contribution in [0.25, 0.3) is 0 Å². The Labute approximate surface area is 163 Å². The predicted octanol–water partition coefficient (Wildman–Crippen LogP) is 2.05. The number of methoxy groups -OCH3 is 2. The molecule has 1 aliphatic rings. The molecule has 146 valence electrons. The molecule has 0 bridgehead atoms. The number of rotatable bonds is 7. The van der Waals surface area contributed by atoms with Gasteiger partial charge < -0.3 is 14.8 Å². The summed E-state index contributed by atoms with van der Waals surface area (Å²) in [6.07, 6.45) is 0.570. The average Bonchev–Trinajstić information content (AvgIpc) is 2.97. The van der Waals surface area contributed by atoms with Crippen LogP contribution in [0.3, 0.4) is 0 Å². The van der Waals surface area contributed by atoms with E-state index in [1.165, 1.54) is 0 Å². The molecule has 1 heterocycles. The smallest absolute Gasteiger partial charge is 0.262 e. The molecule has 3 amide bonds.